The van der Waals surface area contributed by atoms with Crippen LogP contribution in [-0.2, 0) is 0 Å². The molecule has 0 aliphatic carbocycles. The Morgan fingerprint density at radius 1 is 0.441 bits per heavy atom. The van der Waals surface area contributed by atoms with Crippen LogP contribution in [0.3, 0.4) is 0 Å². The maximum atomic E-state index is 4.31. The van der Waals surface area contributed by atoms with Crippen LogP contribution in [0.15, 0.2) is 97.8 Å². The highest BCUT2D eigenvalue weighted by atomic mass is 14.9. The fourth-order valence-corrected chi connectivity index (χ4v) is 4.54. The van der Waals surface area contributed by atoms with Gasteiger partial charge in [0.15, 0.2) is 0 Å². The molecule has 7 rings (SSSR count). The van der Waals surface area contributed by atoms with Crippen LogP contribution >= 0.6 is 0 Å². The van der Waals surface area contributed by atoms with Gasteiger partial charge in [0, 0.05) is 23.8 Å². The molecule has 0 saturated heterocycles. The number of nitrogens with one attached hydrogen (secondary N) is 4. The average molecular weight is 441 g/mol. The van der Waals surface area contributed by atoms with Crippen molar-refractivity contribution in [3.8, 4) is 44.8 Å². The molecule has 0 unspecified atom stereocenters. The number of fused-ring (bicyclic) bond motifs is 2. The highest BCUT2D eigenvalue weighted by Gasteiger charge is 2.09. The molecule has 0 aliphatic rings. The Balaban J connectivity index is 1.20. The second-order valence-corrected chi connectivity index (χ2v) is 8.45. The molecule has 34 heavy (non-hydrogen) atoms. The molecule has 0 atom stereocenters. The fraction of sp³-hybridized carbons (Fsp3) is 0. The Hall–Kier alpha value is -4.84. The zero-order valence-electron chi connectivity index (χ0n) is 18.1. The highest BCUT2D eigenvalue weighted by molar-refractivity contribution is 5.84. The predicted octanol–water partition coefficient (Wildman–Crippen LogP) is 6.76. The average Bonchev–Trinajstić information content (AvgIpc) is 3.69. The summed E-state index contributed by atoms with van der Waals surface area (Å²) in [4.78, 5) is 21.9. The molecule has 3 aromatic carbocycles. The summed E-state index contributed by atoms with van der Waals surface area (Å²) in [5.41, 5.74) is 13.1. The van der Waals surface area contributed by atoms with E-state index in [4.69, 9.17) is 0 Å². The van der Waals surface area contributed by atoms with Crippen molar-refractivity contribution < 1.29 is 0 Å². The van der Waals surface area contributed by atoms with E-state index in [1.807, 2.05) is 12.1 Å². The van der Waals surface area contributed by atoms with Gasteiger partial charge >= 0.3 is 0 Å². The summed E-state index contributed by atoms with van der Waals surface area (Å²) in [5.74, 6) is 0. The standard InChI is InChI=1S/C28H20N6/c1-2-19(25-11-21(13-29-25)17-4-6-23-27(9-17)33-15-31-23)8-20(3-1)26-12-22(14-30-26)18-5-7-24-28(10-18)34-16-32-24/h1-16,29-30H,(H,31,33)(H,32,34). The van der Waals surface area contributed by atoms with E-state index in [1.165, 1.54) is 0 Å². The van der Waals surface area contributed by atoms with Gasteiger partial charge in [-0.05, 0) is 75.8 Å². The number of aromatic amines is 4. The Morgan fingerprint density at radius 3 is 1.50 bits per heavy atom. The molecular weight excluding hydrogens is 420 g/mol. The Labute approximate surface area is 194 Å². The first-order valence-corrected chi connectivity index (χ1v) is 11.1. The normalized spacial score (nSPS) is 11.5. The third-order valence-electron chi connectivity index (χ3n) is 6.36. The van der Waals surface area contributed by atoms with E-state index < -0.39 is 0 Å². The van der Waals surface area contributed by atoms with Crippen LogP contribution in [0, 0.1) is 0 Å². The van der Waals surface area contributed by atoms with E-state index in [1.54, 1.807) is 12.7 Å². The Bertz CT molecular complexity index is 1650. The summed E-state index contributed by atoms with van der Waals surface area (Å²) < 4.78 is 0. The first-order valence-electron chi connectivity index (χ1n) is 11.1. The molecule has 0 saturated carbocycles. The quantitative estimate of drug-likeness (QED) is 0.243. The van der Waals surface area contributed by atoms with E-state index in [-0.39, 0.29) is 0 Å². The summed E-state index contributed by atoms with van der Waals surface area (Å²) in [6.07, 6.45) is 7.56. The summed E-state index contributed by atoms with van der Waals surface area (Å²) in [5, 5.41) is 0. The number of hydrogen-bond acceptors (Lipinski definition) is 2. The number of H-pyrrole nitrogens is 4. The van der Waals surface area contributed by atoms with Gasteiger partial charge in [-0.1, -0.05) is 30.3 Å². The minimum atomic E-state index is 0.974. The molecule has 0 fully saturated rings. The van der Waals surface area contributed by atoms with Gasteiger partial charge in [0.25, 0.3) is 0 Å². The summed E-state index contributed by atoms with van der Waals surface area (Å²) in [7, 11) is 0. The molecule has 7 aromatic rings. The fourth-order valence-electron chi connectivity index (χ4n) is 4.54. The molecule has 0 spiro atoms. The molecule has 0 amide bonds. The summed E-state index contributed by atoms with van der Waals surface area (Å²) in [6, 6.07) is 25.5. The summed E-state index contributed by atoms with van der Waals surface area (Å²) in [6.45, 7) is 0. The van der Waals surface area contributed by atoms with Crippen LogP contribution in [0.25, 0.3) is 66.8 Å². The first kappa shape index (κ1) is 18.7. The van der Waals surface area contributed by atoms with Gasteiger partial charge in [-0.25, -0.2) is 9.97 Å². The maximum absolute atomic E-state index is 4.31. The second-order valence-electron chi connectivity index (χ2n) is 8.45. The molecule has 162 valence electrons. The molecule has 0 radical (unpaired) electrons. The number of imidazole rings is 2. The molecular formula is C28H20N6. The van der Waals surface area contributed by atoms with Crippen molar-refractivity contribution in [2.45, 2.75) is 0 Å². The molecule has 4 heterocycles. The lowest BCUT2D eigenvalue weighted by atomic mass is 10.0. The van der Waals surface area contributed by atoms with E-state index in [9.17, 15) is 0 Å². The lowest BCUT2D eigenvalue weighted by Crippen LogP contribution is -1.81. The van der Waals surface area contributed by atoms with Crippen LogP contribution in [0.1, 0.15) is 0 Å². The third-order valence-corrected chi connectivity index (χ3v) is 6.36. The topological polar surface area (TPSA) is 88.9 Å². The van der Waals surface area contributed by atoms with Gasteiger partial charge in [0.05, 0.1) is 34.7 Å². The van der Waals surface area contributed by atoms with E-state index in [0.29, 0.717) is 0 Å². The zero-order chi connectivity index (χ0) is 22.5. The minimum absolute atomic E-state index is 0.974. The number of rotatable bonds is 4. The monoisotopic (exact) mass is 440 g/mol. The van der Waals surface area contributed by atoms with Gasteiger partial charge in [-0.15, -0.1) is 0 Å². The third kappa shape index (κ3) is 3.12. The largest absolute Gasteiger partial charge is 0.361 e. The van der Waals surface area contributed by atoms with Crippen molar-refractivity contribution in [1.29, 1.82) is 0 Å². The minimum Gasteiger partial charge on any atom is -0.361 e. The van der Waals surface area contributed by atoms with Crippen molar-refractivity contribution in [2.24, 2.45) is 0 Å². The molecule has 4 aromatic heterocycles. The lowest BCUT2D eigenvalue weighted by Gasteiger charge is -2.03. The maximum Gasteiger partial charge on any atom is 0.0931 e. The molecule has 6 heteroatoms. The van der Waals surface area contributed by atoms with Crippen molar-refractivity contribution >= 4 is 22.1 Å². The van der Waals surface area contributed by atoms with Crippen LogP contribution in [0.2, 0.25) is 0 Å². The van der Waals surface area contributed by atoms with Crippen LogP contribution in [0.4, 0.5) is 0 Å². The molecule has 0 bridgehead atoms. The van der Waals surface area contributed by atoms with Gasteiger partial charge in [-0.3, -0.25) is 0 Å². The smallest absolute Gasteiger partial charge is 0.0931 e. The van der Waals surface area contributed by atoms with Crippen molar-refractivity contribution in [3.05, 3.63) is 97.8 Å². The van der Waals surface area contributed by atoms with E-state index in [2.05, 4.69) is 103 Å². The van der Waals surface area contributed by atoms with Gasteiger partial charge in [-0.2, -0.15) is 0 Å². The number of nitrogens with zero attached hydrogens (tertiary/aromatic N) is 2. The van der Waals surface area contributed by atoms with E-state index in [0.717, 1.165) is 66.8 Å². The molecule has 6 nitrogen and oxygen atoms in total. The van der Waals surface area contributed by atoms with Crippen LogP contribution in [0.5, 0.6) is 0 Å². The van der Waals surface area contributed by atoms with Gasteiger partial charge < -0.3 is 19.9 Å². The zero-order valence-corrected chi connectivity index (χ0v) is 18.1. The van der Waals surface area contributed by atoms with Crippen molar-refractivity contribution in [1.82, 2.24) is 29.9 Å². The van der Waals surface area contributed by atoms with E-state index >= 15 is 0 Å². The van der Waals surface area contributed by atoms with Gasteiger partial charge in [0.2, 0.25) is 0 Å². The number of hydrogen-bond donors (Lipinski definition) is 4. The van der Waals surface area contributed by atoms with Crippen LogP contribution in [-0.4, -0.2) is 29.9 Å². The SMILES string of the molecule is c1cc(-c2cc(-c3ccc4nc[nH]c4c3)c[nH]2)cc(-c2cc(-c3ccc4nc[nH]c4c3)c[nH]2)c1. The van der Waals surface area contributed by atoms with Crippen molar-refractivity contribution in [3.63, 3.8) is 0 Å². The Kier molecular flexibility index (Phi) is 4.04. The lowest BCUT2D eigenvalue weighted by molar-refractivity contribution is 1.34. The number of benzene rings is 3. The van der Waals surface area contributed by atoms with Crippen LogP contribution < -0.4 is 0 Å². The molecule has 0 aliphatic heterocycles. The summed E-state index contributed by atoms with van der Waals surface area (Å²) >= 11 is 0. The highest BCUT2D eigenvalue weighted by Crippen LogP contribution is 2.32. The molecule has 4 N–H and O–H groups in total. The second kappa shape index (κ2) is 7.35. The van der Waals surface area contributed by atoms with Gasteiger partial charge in [0.1, 0.15) is 0 Å². The first-order chi connectivity index (χ1) is 16.8. The number of aromatic nitrogens is 6. The Morgan fingerprint density at radius 2 is 0.971 bits per heavy atom. The predicted molar refractivity (Wildman–Crippen MR) is 136 cm³/mol. The van der Waals surface area contributed by atoms with Crippen molar-refractivity contribution in [2.75, 3.05) is 0 Å².